The van der Waals surface area contributed by atoms with E-state index in [-0.39, 0.29) is 5.54 Å². The fraction of sp³-hybridized carbons (Fsp3) is 0.300. The molecule has 1 aliphatic heterocycles. The van der Waals surface area contributed by atoms with Crippen LogP contribution in [0.3, 0.4) is 0 Å². The molecule has 0 amide bonds. The predicted octanol–water partition coefficient (Wildman–Crippen LogP) is 6.38. The van der Waals surface area contributed by atoms with Crippen molar-refractivity contribution in [1.29, 1.82) is 0 Å². The molecule has 3 aliphatic rings. The van der Waals surface area contributed by atoms with E-state index in [9.17, 15) is 0 Å². The average molecular weight is 462 g/mol. The van der Waals surface area contributed by atoms with Crippen LogP contribution in [0.25, 0.3) is 17.3 Å². The number of aromatic nitrogens is 3. The molecule has 1 aromatic carbocycles. The molecule has 0 unspecified atom stereocenters. The van der Waals surface area contributed by atoms with Gasteiger partial charge < -0.3 is 5.73 Å². The summed E-state index contributed by atoms with van der Waals surface area (Å²) in [5.41, 5.74) is 15.5. The smallest absolute Gasteiger partial charge is 0.164 e. The second-order valence-electron chi connectivity index (χ2n) is 11.0. The standard InChI is InChI=1S/C30H31N5/c1-20-14-27-32-17-24-15-23(21-8-5-4-6-9-21)16-26(33-28(24)35(27)34-20)22-10-7-11-25(13-12-22)30(31)18-29(2,3)19-30/h4-10,12-15,17H,11,16,18-19,31H2,1-3H3. The van der Waals surface area contributed by atoms with Gasteiger partial charge in [0.1, 0.15) is 0 Å². The highest BCUT2D eigenvalue weighted by molar-refractivity contribution is 6.12. The molecular formula is C30H31N5. The van der Waals surface area contributed by atoms with Gasteiger partial charge in [-0.25, -0.2) is 9.98 Å². The summed E-state index contributed by atoms with van der Waals surface area (Å²) in [7, 11) is 0. The monoisotopic (exact) mass is 461 g/mol. The summed E-state index contributed by atoms with van der Waals surface area (Å²) in [6.07, 6.45) is 16.7. The summed E-state index contributed by atoms with van der Waals surface area (Å²) in [6.45, 7) is 6.59. The molecule has 1 fully saturated rings. The van der Waals surface area contributed by atoms with Gasteiger partial charge in [0, 0.05) is 29.8 Å². The number of hydrogen-bond acceptors (Lipinski definition) is 4. The Balaban J connectivity index is 1.47. The molecule has 5 nitrogen and oxygen atoms in total. The molecule has 1 saturated carbocycles. The van der Waals surface area contributed by atoms with Crippen molar-refractivity contribution in [3.05, 3.63) is 94.9 Å². The molecule has 2 aliphatic carbocycles. The summed E-state index contributed by atoms with van der Waals surface area (Å²) < 4.78 is 1.86. The van der Waals surface area contributed by atoms with E-state index in [0.29, 0.717) is 5.41 Å². The summed E-state index contributed by atoms with van der Waals surface area (Å²) in [4.78, 5) is 9.85. The van der Waals surface area contributed by atoms with Gasteiger partial charge in [-0.15, -0.1) is 0 Å². The summed E-state index contributed by atoms with van der Waals surface area (Å²) in [5, 5.41) is 4.69. The molecule has 0 radical (unpaired) electrons. The van der Waals surface area contributed by atoms with Crippen molar-refractivity contribution < 1.29 is 0 Å². The van der Waals surface area contributed by atoms with Crippen LogP contribution in [0.2, 0.25) is 0 Å². The molecule has 35 heavy (non-hydrogen) atoms. The molecule has 2 aromatic heterocycles. The first kappa shape index (κ1) is 21.9. The second kappa shape index (κ2) is 7.99. The Bertz CT molecular complexity index is 1470. The van der Waals surface area contributed by atoms with Gasteiger partial charge in [0.2, 0.25) is 0 Å². The van der Waals surface area contributed by atoms with Crippen LogP contribution in [0.1, 0.15) is 56.4 Å². The van der Waals surface area contributed by atoms with Crippen LogP contribution >= 0.6 is 0 Å². The van der Waals surface area contributed by atoms with Crippen molar-refractivity contribution in [3.63, 3.8) is 0 Å². The Morgan fingerprint density at radius 3 is 2.63 bits per heavy atom. The normalized spacial score (nSPS) is 20.6. The quantitative estimate of drug-likeness (QED) is 0.492. The van der Waals surface area contributed by atoms with E-state index >= 15 is 0 Å². The fourth-order valence-electron chi connectivity index (χ4n) is 5.93. The van der Waals surface area contributed by atoms with Gasteiger partial charge in [-0.2, -0.15) is 9.61 Å². The van der Waals surface area contributed by atoms with Crippen LogP contribution in [0.15, 0.2) is 83.0 Å². The molecule has 0 bridgehead atoms. The van der Waals surface area contributed by atoms with Crippen molar-refractivity contribution in [3.8, 4) is 0 Å². The van der Waals surface area contributed by atoms with E-state index in [0.717, 1.165) is 59.7 Å². The molecule has 0 atom stereocenters. The maximum atomic E-state index is 6.81. The van der Waals surface area contributed by atoms with E-state index in [1.807, 2.05) is 23.7 Å². The van der Waals surface area contributed by atoms with Gasteiger partial charge in [0.15, 0.2) is 11.5 Å². The van der Waals surface area contributed by atoms with Crippen LogP contribution in [0.5, 0.6) is 0 Å². The van der Waals surface area contributed by atoms with Crippen LogP contribution in [-0.2, 0) is 0 Å². The van der Waals surface area contributed by atoms with Crippen molar-refractivity contribution >= 4 is 28.8 Å². The minimum absolute atomic E-state index is 0.197. The third kappa shape index (κ3) is 4.00. The molecule has 2 N–H and O–H groups in total. The van der Waals surface area contributed by atoms with Gasteiger partial charge in [-0.1, -0.05) is 68.5 Å². The molecule has 5 heteroatoms. The number of aliphatic imine (C=N–C) groups is 1. The molecule has 3 aromatic rings. The number of nitrogens with zero attached hydrogens (tertiary/aromatic N) is 4. The summed E-state index contributed by atoms with van der Waals surface area (Å²) in [5.74, 6) is 0.822. The first-order valence-corrected chi connectivity index (χ1v) is 12.4. The number of benzene rings is 1. The lowest BCUT2D eigenvalue weighted by Gasteiger charge is -2.52. The Morgan fingerprint density at radius 1 is 1.06 bits per heavy atom. The number of aryl methyl sites for hydroxylation is 1. The van der Waals surface area contributed by atoms with E-state index in [1.54, 1.807) is 0 Å². The van der Waals surface area contributed by atoms with Gasteiger partial charge >= 0.3 is 0 Å². The number of allylic oxidation sites excluding steroid dienone is 6. The van der Waals surface area contributed by atoms with Gasteiger partial charge in [0.05, 0.1) is 11.4 Å². The second-order valence-corrected chi connectivity index (χ2v) is 11.0. The molecule has 6 rings (SSSR count). The zero-order chi connectivity index (χ0) is 24.2. The molecular weight excluding hydrogens is 430 g/mol. The fourth-order valence-corrected chi connectivity index (χ4v) is 5.93. The maximum absolute atomic E-state index is 6.81. The largest absolute Gasteiger partial charge is 0.322 e. The van der Waals surface area contributed by atoms with Gasteiger partial charge in [-0.05, 0) is 60.0 Å². The Kier molecular flexibility index (Phi) is 5.01. The highest BCUT2D eigenvalue weighted by Crippen LogP contribution is 2.50. The third-order valence-corrected chi connectivity index (χ3v) is 7.34. The lowest BCUT2D eigenvalue weighted by molar-refractivity contribution is 0.0899. The molecule has 3 heterocycles. The van der Waals surface area contributed by atoms with E-state index in [4.69, 9.17) is 15.8 Å². The van der Waals surface area contributed by atoms with Crippen molar-refractivity contribution in [2.75, 3.05) is 0 Å². The number of rotatable bonds is 3. The Hall–Kier alpha value is -3.57. The van der Waals surface area contributed by atoms with Crippen LogP contribution < -0.4 is 5.73 Å². The number of nitrogens with two attached hydrogens (primary N) is 1. The lowest BCUT2D eigenvalue weighted by atomic mass is 9.56. The minimum Gasteiger partial charge on any atom is -0.322 e. The third-order valence-electron chi connectivity index (χ3n) is 7.34. The van der Waals surface area contributed by atoms with Crippen molar-refractivity contribution in [2.24, 2.45) is 16.1 Å². The van der Waals surface area contributed by atoms with Crippen LogP contribution in [0, 0.1) is 12.3 Å². The highest BCUT2D eigenvalue weighted by Gasteiger charge is 2.48. The highest BCUT2D eigenvalue weighted by atomic mass is 15.3. The summed E-state index contributed by atoms with van der Waals surface area (Å²) in [6, 6.07) is 12.5. The maximum Gasteiger partial charge on any atom is 0.164 e. The Morgan fingerprint density at radius 2 is 1.86 bits per heavy atom. The lowest BCUT2D eigenvalue weighted by Crippen LogP contribution is -2.57. The molecule has 176 valence electrons. The van der Waals surface area contributed by atoms with Crippen molar-refractivity contribution in [2.45, 2.75) is 52.0 Å². The Labute approximate surface area is 206 Å². The van der Waals surface area contributed by atoms with E-state index < -0.39 is 0 Å². The first-order valence-electron chi connectivity index (χ1n) is 12.4. The van der Waals surface area contributed by atoms with Crippen molar-refractivity contribution in [1.82, 2.24) is 14.6 Å². The first-order chi connectivity index (χ1) is 16.8. The average Bonchev–Trinajstić information content (AvgIpc) is 2.97. The van der Waals surface area contributed by atoms with E-state index in [1.165, 1.54) is 16.7 Å². The topological polar surface area (TPSA) is 68.6 Å². The van der Waals surface area contributed by atoms with Gasteiger partial charge in [0.25, 0.3) is 0 Å². The zero-order valence-corrected chi connectivity index (χ0v) is 20.6. The number of hydrogen-bond donors (Lipinski definition) is 1. The minimum atomic E-state index is -0.197. The predicted molar refractivity (Wildman–Crippen MR) is 144 cm³/mol. The molecule has 0 saturated heterocycles. The van der Waals surface area contributed by atoms with Crippen LogP contribution in [0.4, 0.5) is 5.82 Å². The zero-order valence-electron chi connectivity index (χ0n) is 20.6. The van der Waals surface area contributed by atoms with Gasteiger partial charge in [-0.3, -0.25) is 0 Å². The van der Waals surface area contributed by atoms with E-state index in [2.05, 4.69) is 79.5 Å². The SMILES string of the molecule is Cc1cc2ncc3c(n2n1)N=C(C1=CC=C(C2(N)CC(C)(C)C2)CC=C1)CC(c1ccccc1)=C3. The summed E-state index contributed by atoms with van der Waals surface area (Å²) >= 11 is 0. The number of fused-ring (bicyclic) bond motifs is 3. The van der Waals surface area contributed by atoms with Crippen LogP contribution in [-0.4, -0.2) is 25.8 Å². The molecule has 0 spiro atoms.